The Morgan fingerprint density at radius 2 is 1.91 bits per heavy atom. The second-order valence-electron chi connectivity index (χ2n) is 8.16. The first-order chi connectivity index (χ1) is 15.4. The van der Waals surface area contributed by atoms with Gasteiger partial charge in [0.25, 0.3) is 0 Å². The molecule has 0 spiro atoms. The summed E-state index contributed by atoms with van der Waals surface area (Å²) in [5.41, 5.74) is 2.52. The molecule has 2 N–H and O–H groups in total. The van der Waals surface area contributed by atoms with Crippen LogP contribution in [0.25, 0.3) is 10.9 Å². The predicted octanol–water partition coefficient (Wildman–Crippen LogP) is 5.51. The van der Waals surface area contributed by atoms with Crippen LogP contribution in [-0.2, 0) is 17.0 Å². The minimum absolute atomic E-state index is 0.0599. The van der Waals surface area contributed by atoms with Gasteiger partial charge in [-0.15, -0.1) is 11.8 Å². The number of hydrogen-bond acceptors (Lipinski definition) is 5. The van der Waals surface area contributed by atoms with Crippen LogP contribution in [0.1, 0.15) is 41.5 Å². The number of ether oxygens (including phenoxy) is 1. The maximum atomic E-state index is 12.6. The first-order valence-electron chi connectivity index (χ1n) is 10.7. The molecule has 1 aromatic heterocycles. The molecule has 4 rings (SSSR count). The molecule has 0 aliphatic carbocycles. The molecule has 0 saturated carbocycles. The van der Waals surface area contributed by atoms with Crippen LogP contribution < -0.4 is 0 Å². The highest BCUT2D eigenvalue weighted by Gasteiger charge is 2.29. The summed E-state index contributed by atoms with van der Waals surface area (Å²) in [5, 5.41) is 21.9. The molecule has 8 heteroatoms. The minimum Gasteiger partial charge on any atom is -0.506 e. The lowest BCUT2D eigenvalue weighted by Crippen LogP contribution is -2.35. The number of rotatable bonds is 7. The molecule has 0 radical (unpaired) electrons. The van der Waals surface area contributed by atoms with E-state index < -0.39 is 5.97 Å². The predicted molar refractivity (Wildman–Crippen MR) is 131 cm³/mol. The fraction of sp³-hybridized carbons (Fsp3) is 0.375. The first kappa shape index (κ1) is 23.2. The summed E-state index contributed by atoms with van der Waals surface area (Å²) < 4.78 is 8.13. The van der Waals surface area contributed by atoms with Crippen molar-refractivity contribution < 1.29 is 19.7 Å². The summed E-state index contributed by atoms with van der Waals surface area (Å²) in [4.78, 5) is 15.9. The summed E-state index contributed by atoms with van der Waals surface area (Å²) >= 11 is 5.12. The van der Waals surface area contributed by atoms with Crippen molar-refractivity contribution in [3.05, 3.63) is 57.7 Å². The molecule has 32 heavy (non-hydrogen) atoms. The van der Waals surface area contributed by atoms with Crippen molar-refractivity contribution in [3.63, 3.8) is 0 Å². The number of halogens is 1. The van der Waals surface area contributed by atoms with Gasteiger partial charge in [0.2, 0.25) is 0 Å². The van der Waals surface area contributed by atoms with Gasteiger partial charge in [-0.1, -0.05) is 18.2 Å². The van der Waals surface area contributed by atoms with Gasteiger partial charge in [-0.3, -0.25) is 4.90 Å². The molecule has 1 saturated heterocycles. The summed E-state index contributed by atoms with van der Waals surface area (Å²) in [6, 6.07) is 11.9. The topological polar surface area (TPSA) is 74.9 Å². The fourth-order valence-electron chi connectivity index (χ4n) is 4.32. The van der Waals surface area contributed by atoms with Crippen LogP contribution in [-0.4, -0.2) is 52.0 Å². The van der Waals surface area contributed by atoms with E-state index in [-0.39, 0.29) is 17.4 Å². The largest absolute Gasteiger partial charge is 0.506 e. The number of nitrogens with zero attached hydrogens (tertiary/aromatic N) is 2. The van der Waals surface area contributed by atoms with Crippen LogP contribution in [0.3, 0.4) is 0 Å². The highest BCUT2D eigenvalue weighted by atomic mass is 79.9. The Balaban J connectivity index is 1.90. The van der Waals surface area contributed by atoms with Crippen LogP contribution in [0, 0.1) is 0 Å². The zero-order valence-electron chi connectivity index (χ0n) is 18.2. The number of benzene rings is 2. The lowest BCUT2D eigenvalue weighted by Gasteiger charge is -2.27. The van der Waals surface area contributed by atoms with Crippen molar-refractivity contribution in [2.75, 3.05) is 26.3 Å². The lowest BCUT2D eigenvalue weighted by atomic mass is 10.0. The third-order valence-electron chi connectivity index (χ3n) is 5.76. The number of hydrogen-bond donors (Lipinski definition) is 2. The summed E-state index contributed by atoms with van der Waals surface area (Å²) in [6.45, 7) is 7.35. The van der Waals surface area contributed by atoms with E-state index in [4.69, 9.17) is 4.74 Å². The Morgan fingerprint density at radius 1 is 1.22 bits per heavy atom. The van der Waals surface area contributed by atoms with Gasteiger partial charge < -0.3 is 19.5 Å². The number of aromatic nitrogens is 1. The van der Waals surface area contributed by atoms with Crippen molar-refractivity contribution in [2.45, 2.75) is 37.1 Å². The van der Waals surface area contributed by atoms with Crippen LogP contribution >= 0.6 is 27.7 Å². The Labute approximate surface area is 200 Å². The van der Waals surface area contributed by atoms with Crippen LogP contribution in [0.15, 0.2) is 45.8 Å². The van der Waals surface area contributed by atoms with Crippen LogP contribution in [0.2, 0.25) is 0 Å². The number of phenols is 1. The zero-order chi connectivity index (χ0) is 22.8. The van der Waals surface area contributed by atoms with Gasteiger partial charge in [-0.05, 0) is 48.0 Å². The molecule has 6 nitrogen and oxygen atoms in total. The second kappa shape index (κ2) is 9.87. The molecule has 1 aliphatic heterocycles. The fourth-order valence-corrected chi connectivity index (χ4v) is 5.72. The molecule has 2 aromatic carbocycles. The Kier molecular flexibility index (Phi) is 7.14. The molecule has 0 bridgehead atoms. The molecule has 2 heterocycles. The van der Waals surface area contributed by atoms with Crippen LogP contribution in [0.4, 0.5) is 0 Å². The molecular formula is C24H27BrN2O4S. The molecule has 0 amide bonds. The number of fused-ring (bicyclic) bond motifs is 1. The van der Waals surface area contributed by atoms with E-state index in [1.807, 2.05) is 36.4 Å². The quantitative estimate of drug-likeness (QED) is 0.401. The van der Waals surface area contributed by atoms with E-state index in [0.29, 0.717) is 40.9 Å². The van der Waals surface area contributed by atoms with E-state index in [9.17, 15) is 15.0 Å². The number of carboxylic acid groups (broad SMARTS) is 1. The Bertz CT molecular complexity index is 1120. The van der Waals surface area contributed by atoms with E-state index in [2.05, 4.69) is 39.2 Å². The normalized spacial score (nSPS) is 15.0. The van der Waals surface area contributed by atoms with E-state index in [0.717, 1.165) is 29.2 Å². The number of thioether (sulfide) groups is 1. The molecule has 0 unspecified atom stereocenters. The third kappa shape index (κ3) is 4.55. The Morgan fingerprint density at radius 3 is 2.53 bits per heavy atom. The van der Waals surface area contributed by atoms with Crippen molar-refractivity contribution in [3.8, 4) is 5.75 Å². The molecule has 0 atom stereocenters. The smallest absolute Gasteiger partial charge is 0.338 e. The SMILES string of the molecule is CC(C)n1c(CSc2ccccc2)c(C(=O)O)c2c(CN3CCOCC3)c(O)c(Br)cc21. The van der Waals surface area contributed by atoms with Gasteiger partial charge in [-0.25, -0.2) is 4.79 Å². The van der Waals surface area contributed by atoms with Crippen molar-refractivity contribution >= 4 is 44.6 Å². The average Bonchev–Trinajstić information content (AvgIpc) is 3.11. The maximum Gasteiger partial charge on any atom is 0.338 e. The first-order valence-corrected chi connectivity index (χ1v) is 12.4. The number of aromatic carboxylic acids is 1. The molecule has 3 aromatic rings. The number of carbonyl (C=O) groups is 1. The lowest BCUT2D eigenvalue weighted by molar-refractivity contribution is 0.0340. The van der Waals surface area contributed by atoms with Gasteiger partial charge in [0, 0.05) is 53.0 Å². The second-order valence-corrected chi connectivity index (χ2v) is 10.1. The molecular weight excluding hydrogens is 492 g/mol. The average molecular weight is 519 g/mol. The van der Waals surface area contributed by atoms with Gasteiger partial charge >= 0.3 is 5.97 Å². The summed E-state index contributed by atoms with van der Waals surface area (Å²) in [6.07, 6.45) is 0. The Hall–Kier alpha value is -2.00. The van der Waals surface area contributed by atoms with Gasteiger partial charge in [0.05, 0.1) is 28.8 Å². The van der Waals surface area contributed by atoms with Crippen molar-refractivity contribution in [1.29, 1.82) is 0 Å². The number of carboxylic acids is 1. The number of phenolic OH excluding ortho intramolecular Hbond substituents is 1. The van der Waals surface area contributed by atoms with Crippen molar-refractivity contribution in [2.24, 2.45) is 0 Å². The summed E-state index contributed by atoms with van der Waals surface area (Å²) in [7, 11) is 0. The maximum absolute atomic E-state index is 12.6. The van der Waals surface area contributed by atoms with E-state index in [1.165, 1.54) is 0 Å². The van der Waals surface area contributed by atoms with E-state index in [1.54, 1.807) is 11.8 Å². The van der Waals surface area contributed by atoms with Crippen molar-refractivity contribution in [1.82, 2.24) is 9.47 Å². The molecule has 1 aliphatic rings. The molecule has 1 fully saturated rings. The highest BCUT2D eigenvalue weighted by molar-refractivity contribution is 9.10. The van der Waals surface area contributed by atoms with Gasteiger partial charge in [0.15, 0.2) is 0 Å². The highest BCUT2D eigenvalue weighted by Crippen LogP contribution is 2.42. The minimum atomic E-state index is -0.969. The van der Waals surface area contributed by atoms with Crippen LogP contribution in [0.5, 0.6) is 5.75 Å². The van der Waals surface area contributed by atoms with E-state index >= 15 is 0 Å². The number of aromatic hydroxyl groups is 1. The monoisotopic (exact) mass is 518 g/mol. The number of morpholine rings is 1. The van der Waals surface area contributed by atoms with Gasteiger partial charge in [-0.2, -0.15) is 0 Å². The third-order valence-corrected chi connectivity index (χ3v) is 7.38. The zero-order valence-corrected chi connectivity index (χ0v) is 20.6. The molecule has 170 valence electrons. The summed E-state index contributed by atoms with van der Waals surface area (Å²) in [5.74, 6) is -0.342. The standard InChI is InChI=1S/C24H27BrN2O4S/c1-15(2)27-19-12-18(25)23(28)17(13-26-8-10-31-11-9-26)21(19)22(24(29)30)20(27)14-32-16-6-4-3-5-7-16/h3-7,12,15,28H,8-11,13-14H2,1-2H3,(H,29,30). The van der Waals surface area contributed by atoms with Gasteiger partial charge in [0.1, 0.15) is 5.75 Å².